The summed E-state index contributed by atoms with van der Waals surface area (Å²) in [4.78, 5) is 11.7. The minimum absolute atomic E-state index is 0.0552. The molecule has 3 rings (SSSR count). The van der Waals surface area contributed by atoms with Gasteiger partial charge in [0, 0.05) is 17.8 Å². The number of carbonyl (C=O) groups excluding carboxylic acids is 1. The third-order valence-corrected chi connectivity index (χ3v) is 4.85. The fraction of sp³-hybridized carbons (Fsp3) is 0.909. The van der Waals surface area contributed by atoms with Crippen LogP contribution in [0.3, 0.4) is 0 Å². The molecule has 2 N–H and O–H groups in total. The zero-order valence-corrected chi connectivity index (χ0v) is 8.15. The molecule has 3 fully saturated rings. The van der Waals surface area contributed by atoms with E-state index in [1.807, 2.05) is 0 Å². The maximum absolute atomic E-state index is 11.7. The highest BCUT2D eigenvalue weighted by Crippen LogP contribution is 2.63. The SMILES string of the molecule is O=C1CCC23C(CCC12)CC(O)C3O. The second-order valence-corrected chi connectivity index (χ2v) is 5.15. The Bertz CT molecular complexity index is 284. The molecule has 0 aliphatic heterocycles. The van der Waals surface area contributed by atoms with Crippen molar-refractivity contribution < 1.29 is 15.0 Å². The number of ketones is 1. The molecular formula is C11H16O3. The Hall–Kier alpha value is -0.410. The number of carbonyl (C=O) groups is 1. The fourth-order valence-electron chi connectivity index (χ4n) is 4.25. The van der Waals surface area contributed by atoms with E-state index >= 15 is 0 Å². The minimum atomic E-state index is -0.647. The number of aliphatic hydroxyl groups excluding tert-OH is 2. The van der Waals surface area contributed by atoms with Crippen molar-refractivity contribution in [1.29, 1.82) is 0 Å². The van der Waals surface area contributed by atoms with Gasteiger partial charge in [-0.1, -0.05) is 0 Å². The lowest BCUT2D eigenvalue weighted by molar-refractivity contribution is -0.124. The molecular weight excluding hydrogens is 180 g/mol. The van der Waals surface area contributed by atoms with Crippen molar-refractivity contribution in [1.82, 2.24) is 0 Å². The molecule has 0 radical (unpaired) electrons. The number of Topliss-reactive ketones (excluding diaryl/α,β-unsaturated/α-hetero) is 1. The third-order valence-electron chi connectivity index (χ3n) is 4.85. The van der Waals surface area contributed by atoms with Gasteiger partial charge < -0.3 is 10.2 Å². The Morgan fingerprint density at radius 3 is 2.86 bits per heavy atom. The Labute approximate surface area is 83.1 Å². The highest BCUT2D eigenvalue weighted by Gasteiger charge is 2.65. The van der Waals surface area contributed by atoms with E-state index in [9.17, 15) is 15.0 Å². The average Bonchev–Trinajstić information content (AvgIpc) is 2.72. The summed E-state index contributed by atoms with van der Waals surface area (Å²) in [5.74, 6) is 0.768. The Kier molecular flexibility index (Phi) is 1.63. The van der Waals surface area contributed by atoms with Crippen LogP contribution in [0.2, 0.25) is 0 Å². The molecule has 0 aromatic rings. The van der Waals surface area contributed by atoms with Gasteiger partial charge in [-0.3, -0.25) is 4.79 Å². The number of aliphatic hydroxyl groups is 2. The van der Waals surface area contributed by atoms with E-state index in [1.165, 1.54) is 0 Å². The standard InChI is InChI=1S/C11H16O3/c12-8-3-4-11-6(1-2-7(8)11)5-9(13)10(11)14/h6-7,9-10,13-14H,1-5H2. The highest BCUT2D eigenvalue weighted by molar-refractivity contribution is 5.85. The van der Waals surface area contributed by atoms with Crippen molar-refractivity contribution in [2.75, 3.05) is 0 Å². The molecule has 0 heterocycles. The molecule has 3 aliphatic rings. The van der Waals surface area contributed by atoms with Gasteiger partial charge >= 0.3 is 0 Å². The number of hydrogen-bond acceptors (Lipinski definition) is 3. The quantitative estimate of drug-likeness (QED) is 0.592. The fourth-order valence-corrected chi connectivity index (χ4v) is 4.25. The zero-order chi connectivity index (χ0) is 9.92. The van der Waals surface area contributed by atoms with Crippen LogP contribution in [-0.4, -0.2) is 28.2 Å². The van der Waals surface area contributed by atoms with E-state index in [0.717, 1.165) is 19.3 Å². The van der Waals surface area contributed by atoms with Crippen LogP contribution in [0.15, 0.2) is 0 Å². The van der Waals surface area contributed by atoms with Crippen LogP contribution in [0.5, 0.6) is 0 Å². The first-order valence-corrected chi connectivity index (χ1v) is 5.55. The van der Waals surface area contributed by atoms with Gasteiger partial charge in [-0.2, -0.15) is 0 Å². The summed E-state index contributed by atoms with van der Waals surface area (Å²) in [7, 11) is 0. The van der Waals surface area contributed by atoms with Crippen LogP contribution < -0.4 is 0 Å². The molecule has 5 unspecified atom stereocenters. The van der Waals surface area contributed by atoms with Gasteiger partial charge in [0.25, 0.3) is 0 Å². The van der Waals surface area contributed by atoms with Gasteiger partial charge in [-0.05, 0) is 31.6 Å². The van der Waals surface area contributed by atoms with E-state index in [2.05, 4.69) is 0 Å². The van der Waals surface area contributed by atoms with Crippen LogP contribution in [-0.2, 0) is 4.79 Å². The van der Waals surface area contributed by atoms with Crippen molar-refractivity contribution >= 4 is 5.78 Å². The molecule has 0 amide bonds. The van der Waals surface area contributed by atoms with Gasteiger partial charge in [-0.25, -0.2) is 0 Å². The summed E-state index contributed by atoms with van der Waals surface area (Å²) in [6, 6.07) is 0. The topological polar surface area (TPSA) is 57.5 Å². The Morgan fingerprint density at radius 2 is 2.07 bits per heavy atom. The maximum Gasteiger partial charge on any atom is 0.136 e. The molecule has 0 aromatic heterocycles. The predicted octanol–water partition coefficient (Wildman–Crippen LogP) is 0.487. The smallest absolute Gasteiger partial charge is 0.136 e. The van der Waals surface area contributed by atoms with Crippen molar-refractivity contribution in [3.63, 3.8) is 0 Å². The van der Waals surface area contributed by atoms with Crippen LogP contribution in [0, 0.1) is 17.3 Å². The molecule has 3 nitrogen and oxygen atoms in total. The summed E-state index contributed by atoms with van der Waals surface area (Å²) >= 11 is 0. The molecule has 3 heteroatoms. The van der Waals surface area contributed by atoms with E-state index in [4.69, 9.17) is 0 Å². The lowest BCUT2D eigenvalue weighted by atomic mass is 9.74. The second-order valence-electron chi connectivity index (χ2n) is 5.15. The monoisotopic (exact) mass is 196 g/mol. The molecule has 3 saturated carbocycles. The number of hydrogen-bond donors (Lipinski definition) is 2. The van der Waals surface area contributed by atoms with E-state index in [1.54, 1.807) is 0 Å². The maximum atomic E-state index is 11.7. The van der Waals surface area contributed by atoms with E-state index in [0.29, 0.717) is 24.5 Å². The summed E-state index contributed by atoms with van der Waals surface area (Å²) in [6.07, 6.45) is 2.84. The summed E-state index contributed by atoms with van der Waals surface area (Å²) in [5.41, 5.74) is -0.226. The van der Waals surface area contributed by atoms with Gasteiger partial charge in [-0.15, -0.1) is 0 Å². The summed E-state index contributed by atoms with van der Waals surface area (Å²) in [5, 5.41) is 19.7. The highest BCUT2D eigenvalue weighted by atomic mass is 16.3. The number of rotatable bonds is 0. The summed E-state index contributed by atoms with van der Waals surface area (Å²) in [6.45, 7) is 0. The van der Waals surface area contributed by atoms with E-state index < -0.39 is 12.2 Å². The largest absolute Gasteiger partial charge is 0.390 e. The van der Waals surface area contributed by atoms with Crippen LogP contribution in [0.4, 0.5) is 0 Å². The lowest BCUT2D eigenvalue weighted by Gasteiger charge is -2.32. The summed E-state index contributed by atoms with van der Waals surface area (Å²) < 4.78 is 0. The van der Waals surface area contributed by atoms with Crippen molar-refractivity contribution in [3.05, 3.63) is 0 Å². The van der Waals surface area contributed by atoms with Gasteiger partial charge in [0.15, 0.2) is 0 Å². The zero-order valence-electron chi connectivity index (χ0n) is 8.15. The average molecular weight is 196 g/mol. The van der Waals surface area contributed by atoms with Crippen LogP contribution >= 0.6 is 0 Å². The molecule has 0 aromatic carbocycles. The van der Waals surface area contributed by atoms with Gasteiger partial charge in [0.2, 0.25) is 0 Å². The van der Waals surface area contributed by atoms with Crippen LogP contribution in [0.25, 0.3) is 0 Å². The lowest BCUT2D eigenvalue weighted by Crippen LogP contribution is -2.39. The Balaban J connectivity index is 2.03. The molecule has 5 atom stereocenters. The third kappa shape index (κ3) is 0.789. The molecule has 14 heavy (non-hydrogen) atoms. The normalized spacial score (nSPS) is 56.3. The molecule has 78 valence electrons. The molecule has 0 bridgehead atoms. The van der Waals surface area contributed by atoms with Gasteiger partial charge in [0.1, 0.15) is 5.78 Å². The van der Waals surface area contributed by atoms with Crippen molar-refractivity contribution in [2.24, 2.45) is 17.3 Å². The van der Waals surface area contributed by atoms with Crippen LogP contribution in [0.1, 0.15) is 32.1 Å². The predicted molar refractivity (Wildman–Crippen MR) is 49.5 cm³/mol. The molecule has 3 aliphatic carbocycles. The first kappa shape index (κ1) is 8.86. The molecule has 0 saturated heterocycles. The van der Waals surface area contributed by atoms with Crippen molar-refractivity contribution in [2.45, 2.75) is 44.3 Å². The Morgan fingerprint density at radius 1 is 1.29 bits per heavy atom. The first-order valence-electron chi connectivity index (χ1n) is 5.55. The first-order chi connectivity index (χ1) is 6.66. The van der Waals surface area contributed by atoms with Crippen molar-refractivity contribution in [3.8, 4) is 0 Å². The minimum Gasteiger partial charge on any atom is -0.390 e. The molecule has 1 spiro atoms. The van der Waals surface area contributed by atoms with Gasteiger partial charge in [0.05, 0.1) is 12.2 Å². The second kappa shape index (κ2) is 2.58. The van der Waals surface area contributed by atoms with E-state index in [-0.39, 0.29) is 11.3 Å².